The summed E-state index contributed by atoms with van der Waals surface area (Å²) in [5.74, 6) is -0.222. The average Bonchev–Trinajstić information content (AvgIpc) is 3.49. The van der Waals surface area contributed by atoms with Crippen LogP contribution < -0.4 is 10.2 Å². The molecule has 486 valence electrons. The number of hydrogen-bond acceptors (Lipinski definition) is 6. The molecule has 2 N–H and O–H groups in total. The summed E-state index contributed by atoms with van der Waals surface area (Å²) < 4.78 is 23.4. The van der Waals surface area contributed by atoms with Gasteiger partial charge in [-0.3, -0.25) is 9.36 Å². The third kappa shape index (κ3) is 67.7. The summed E-state index contributed by atoms with van der Waals surface area (Å²) in [6.45, 7) is 4.51. The largest absolute Gasteiger partial charge is 0.756 e. The van der Waals surface area contributed by atoms with Gasteiger partial charge in [-0.05, 0) is 116 Å². The summed E-state index contributed by atoms with van der Waals surface area (Å²) in [6.07, 6.45) is 99.6. The third-order valence-corrected chi connectivity index (χ3v) is 15.7. The van der Waals surface area contributed by atoms with Crippen molar-refractivity contribution in [2.75, 3.05) is 40.9 Å². The van der Waals surface area contributed by atoms with Gasteiger partial charge in [0.05, 0.1) is 39.9 Å². The fourth-order valence-electron chi connectivity index (χ4n) is 9.41. The quantitative estimate of drug-likeness (QED) is 0.0272. The van der Waals surface area contributed by atoms with Gasteiger partial charge in [-0.25, -0.2) is 0 Å². The normalized spacial score (nSPS) is 14.6. The predicted molar refractivity (Wildman–Crippen MR) is 371 cm³/mol. The number of likely N-dealkylation sites (N-methyl/N-ethyl adjacent to an activating group) is 1. The highest BCUT2D eigenvalue weighted by Gasteiger charge is 2.23. The van der Waals surface area contributed by atoms with Crippen molar-refractivity contribution in [1.82, 2.24) is 5.32 Å². The van der Waals surface area contributed by atoms with Crippen molar-refractivity contribution in [3.8, 4) is 0 Å². The molecular formula is C76H131N2O6P. The first-order chi connectivity index (χ1) is 41.5. The molecule has 0 aromatic rings. The number of aliphatic hydroxyl groups is 1. The molecule has 0 rings (SSSR count). The van der Waals surface area contributed by atoms with Crippen LogP contribution in [0.5, 0.6) is 0 Å². The monoisotopic (exact) mass is 1200 g/mol. The minimum atomic E-state index is -4.63. The maximum atomic E-state index is 13.0. The number of amides is 1. The summed E-state index contributed by atoms with van der Waals surface area (Å²) in [5, 5.41) is 13.9. The van der Waals surface area contributed by atoms with Gasteiger partial charge in [0.15, 0.2) is 0 Å². The number of quaternary nitrogens is 1. The van der Waals surface area contributed by atoms with E-state index in [1.807, 2.05) is 27.2 Å². The Morgan fingerprint density at radius 1 is 0.424 bits per heavy atom. The van der Waals surface area contributed by atoms with Crippen molar-refractivity contribution in [2.45, 2.75) is 289 Å². The van der Waals surface area contributed by atoms with Gasteiger partial charge in [0, 0.05) is 6.42 Å². The van der Waals surface area contributed by atoms with Crippen LogP contribution in [0.3, 0.4) is 0 Å². The number of phosphoric ester groups is 1. The zero-order valence-corrected chi connectivity index (χ0v) is 56.4. The van der Waals surface area contributed by atoms with Crippen LogP contribution in [-0.2, 0) is 18.4 Å². The van der Waals surface area contributed by atoms with E-state index < -0.39 is 26.6 Å². The predicted octanol–water partition coefficient (Wildman–Crippen LogP) is 21.7. The molecule has 9 heteroatoms. The van der Waals surface area contributed by atoms with E-state index in [9.17, 15) is 19.4 Å². The molecule has 0 saturated heterocycles. The van der Waals surface area contributed by atoms with E-state index in [1.54, 1.807) is 6.08 Å². The number of unbranched alkanes of at least 4 members (excludes halogenated alkanes) is 27. The van der Waals surface area contributed by atoms with Gasteiger partial charge < -0.3 is 28.8 Å². The van der Waals surface area contributed by atoms with Gasteiger partial charge in [-0.2, -0.15) is 0 Å². The van der Waals surface area contributed by atoms with Gasteiger partial charge in [-0.1, -0.05) is 301 Å². The van der Waals surface area contributed by atoms with Crippen molar-refractivity contribution in [3.05, 3.63) is 146 Å². The van der Waals surface area contributed by atoms with Gasteiger partial charge in [0.2, 0.25) is 5.91 Å². The highest BCUT2D eigenvalue weighted by molar-refractivity contribution is 7.45. The number of carbonyl (C=O) groups excluding carboxylic acids is 1. The maximum Gasteiger partial charge on any atom is 0.268 e. The Bertz CT molecular complexity index is 1900. The molecule has 0 aromatic heterocycles. The molecule has 85 heavy (non-hydrogen) atoms. The van der Waals surface area contributed by atoms with Crippen LogP contribution in [0, 0.1) is 0 Å². The number of allylic oxidation sites excluding steroid dienone is 23. The lowest BCUT2D eigenvalue weighted by molar-refractivity contribution is -0.870. The Morgan fingerprint density at radius 3 is 1.09 bits per heavy atom. The van der Waals surface area contributed by atoms with Crippen LogP contribution >= 0.6 is 7.82 Å². The lowest BCUT2D eigenvalue weighted by atomic mass is 10.0. The highest BCUT2D eigenvalue weighted by Crippen LogP contribution is 2.38. The first kappa shape index (κ1) is 81.4. The lowest BCUT2D eigenvalue weighted by Gasteiger charge is -2.29. The number of nitrogens with zero attached hydrogens (tertiary/aromatic N) is 1. The molecule has 0 radical (unpaired) electrons. The topological polar surface area (TPSA) is 108 Å². The van der Waals surface area contributed by atoms with Gasteiger partial charge >= 0.3 is 0 Å². The number of phosphoric acid groups is 1. The average molecular weight is 1200 g/mol. The van der Waals surface area contributed by atoms with Crippen LogP contribution in [0.15, 0.2) is 146 Å². The van der Waals surface area contributed by atoms with Crippen molar-refractivity contribution in [2.24, 2.45) is 0 Å². The number of rotatable bonds is 62. The van der Waals surface area contributed by atoms with E-state index in [-0.39, 0.29) is 12.5 Å². The van der Waals surface area contributed by atoms with Crippen molar-refractivity contribution < 1.29 is 32.9 Å². The Hall–Kier alpha value is -3.62. The van der Waals surface area contributed by atoms with Crippen LogP contribution in [0.2, 0.25) is 0 Å². The van der Waals surface area contributed by atoms with Crippen molar-refractivity contribution in [3.63, 3.8) is 0 Å². The summed E-state index contributed by atoms with van der Waals surface area (Å²) in [6, 6.07) is -0.925. The lowest BCUT2D eigenvalue weighted by Crippen LogP contribution is -2.45. The van der Waals surface area contributed by atoms with E-state index in [4.69, 9.17) is 9.05 Å². The molecule has 3 atom stereocenters. The summed E-state index contributed by atoms with van der Waals surface area (Å²) in [7, 11) is 1.22. The second-order valence-electron chi connectivity index (χ2n) is 24.1. The Morgan fingerprint density at radius 2 is 0.729 bits per heavy atom. The molecule has 3 unspecified atom stereocenters. The van der Waals surface area contributed by atoms with Gasteiger partial charge in [-0.15, -0.1) is 0 Å². The number of aliphatic hydroxyl groups excluding tert-OH is 1. The first-order valence-corrected chi connectivity index (χ1v) is 36.2. The molecule has 0 aliphatic carbocycles. The molecule has 0 spiro atoms. The minimum Gasteiger partial charge on any atom is -0.756 e. The molecular weight excluding hydrogens is 1070 g/mol. The van der Waals surface area contributed by atoms with E-state index in [1.165, 1.54) is 141 Å². The molecule has 0 aliphatic heterocycles. The second-order valence-corrected chi connectivity index (χ2v) is 25.5. The molecule has 0 saturated carbocycles. The number of hydrogen-bond donors (Lipinski definition) is 2. The summed E-state index contributed by atoms with van der Waals surface area (Å²) in [5.41, 5.74) is 0. The zero-order chi connectivity index (χ0) is 61.9. The van der Waals surface area contributed by atoms with E-state index in [0.717, 1.165) is 116 Å². The van der Waals surface area contributed by atoms with Crippen LogP contribution in [-0.4, -0.2) is 68.5 Å². The Labute approximate surface area is 525 Å². The van der Waals surface area contributed by atoms with Gasteiger partial charge in [0.1, 0.15) is 13.2 Å². The van der Waals surface area contributed by atoms with E-state index in [0.29, 0.717) is 17.4 Å². The fraction of sp³-hybridized carbons (Fsp3) is 0.671. The summed E-state index contributed by atoms with van der Waals surface area (Å²) >= 11 is 0. The maximum absolute atomic E-state index is 13.0. The highest BCUT2D eigenvalue weighted by atomic mass is 31.2. The second kappa shape index (κ2) is 64.8. The molecule has 0 aliphatic rings. The van der Waals surface area contributed by atoms with Crippen LogP contribution in [0.4, 0.5) is 0 Å². The fourth-order valence-corrected chi connectivity index (χ4v) is 10.1. The molecule has 0 bridgehead atoms. The van der Waals surface area contributed by atoms with Crippen LogP contribution in [0.25, 0.3) is 0 Å². The Kier molecular flexibility index (Phi) is 62.1. The van der Waals surface area contributed by atoms with E-state index >= 15 is 0 Å². The molecule has 1 amide bonds. The van der Waals surface area contributed by atoms with Crippen molar-refractivity contribution in [1.29, 1.82) is 0 Å². The van der Waals surface area contributed by atoms with Gasteiger partial charge in [0.25, 0.3) is 7.82 Å². The minimum absolute atomic E-state index is 0.0173. The molecule has 8 nitrogen and oxygen atoms in total. The number of nitrogens with one attached hydrogen (secondary N) is 1. The first-order valence-electron chi connectivity index (χ1n) is 34.7. The SMILES string of the molecule is CC/C=C\C/C=C\C/C=C\C/C=C\C/C=C\C/C=C\C/C=C\C/C=C\C/C=C\CCCCCCCCCCCC(=O)NC(COP(=O)([O-])OCC[N+](C)(C)C)C(O)/C=C/CC/C=C/CC/C=C/CCCCCCCCCCCCCCCCCC. The zero-order valence-electron chi connectivity index (χ0n) is 55.5. The molecule has 0 heterocycles. The van der Waals surface area contributed by atoms with Crippen molar-refractivity contribution >= 4 is 13.7 Å². The standard InChI is InChI=1S/C76H131N2O6P/c1-6-8-10-12-14-16-18-20-22-24-26-28-30-32-34-35-36-37-38-39-40-41-42-43-44-46-48-50-52-54-56-58-60-62-64-66-68-70-76(80)77-74(73-84-85(81,82)83-72-71-78(3,4)5)75(79)69-67-65-63-61-59-57-55-53-51-49-47-45-33-31-29-27-25-23-21-19-17-15-13-11-9-7-2/h8,10,14,16,20,22,26,28,32,34,36-37,39-40,42-43,46,48,51,53,59,61,67,69,74-75,79H,6-7,9,11-13,15,17-19,21,23-25,27,29-31,33,35,38,41,44-45,47,49-50,52,54-58,60,62-66,68,70-73H2,1-5H3,(H-,77,80,81,82)/b10-8-,16-14-,22-20-,28-26-,34-32-,37-36-,40-39-,43-42-,48-46-,53-51+,61-59+,69-67+. The smallest absolute Gasteiger partial charge is 0.268 e. The Balaban J connectivity index is 4.21. The number of carbonyl (C=O) groups is 1. The molecule has 0 aromatic carbocycles. The summed E-state index contributed by atoms with van der Waals surface area (Å²) in [4.78, 5) is 25.6. The van der Waals surface area contributed by atoms with Crippen LogP contribution in [0.1, 0.15) is 277 Å². The van der Waals surface area contributed by atoms with E-state index in [2.05, 4.69) is 153 Å². The third-order valence-electron chi connectivity index (χ3n) is 14.8. The molecule has 0 fully saturated rings.